The second kappa shape index (κ2) is 5.65. The molecule has 3 heterocycles. The lowest BCUT2D eigenvalue weighted by molar-refractivity contribution is 0.204. The van der Waals surface area contributed by atoms with Gasteiger partial charge >= 0.3 is 0 Å². The molecule has 0 saturated carbocycles. The van der Waals surface area contributed by atoms with Gasteiger partial charge in [-0.15, -0.1) is 5.10 Å². The first-order chi connectivity index (χ1) is 10.5. The number of hydrogen-bond donors (Lipinski definition) is 0. The van der Waals surface area contributed by atoms with Gasteiger partial charge in [0.25, 0.3) is 0 Å². The molecule has 118 valence electrons. The molecule has 1 fully saturated rings. The Labute approximate surface area is 128 Å². The molecule has 1 aliphatic heterocycles. The van der Waals surface area contributed by atoms with Crippen LogP contribution in [0.1, 0.15) is 17.9 Å². The van der Waals surface area contributed by atoms with Gasteiger partial charge in [0, 0.05) is 18.8 Å². The summed E-state index contributed by atoms with van der Waals surface area (Å²) in [6.07, 6.45) is 1.90. The predicted molar refractivity (Wildman–Crippen MR) is 75.8 cm³/mol. The Morgan fingerprint density at radius 2 is 2.23 bits per heavy atom. The fourth-order valence-corrected chi connectivity index (χ4v) is 4.28. The zero-order valence-electron chi connectivity index (χ0n) is 12.3. The second-order valence-electron chi connectivity index (χ2n) is 5.11. The van der Waals surface area contributed by atoms with E-state index < -0.39 is 10.0 Å². The lowest BCUT2D eigenvalue weighted by Gasteiger charge is -2.16. The summed E-state index contributed by atoms with van der Waals surface area (Å²) in [5, 5.41) is 11.3. The molecule has 2 aromatic heterocycles. The highest BCUT2D eigenvalue weighted by molar-refractivity contribution is 7.89. The van der Waals surface area contributed by atoms with Crippen LogP contribution in [-0.2, 0) is 10.0 Å². The SMILES string of the molecule is Cc1noc(C)c1S(=O)(=O)N1CC[C@@H](Oc2cccnn2)C1. The van der Waals surface area contributed by atoms with E-state index in [4.69, 9.17) is 9.26 Å². The van der Waals surface area contributed by atoms with Crippen LogP contribution in [0, 0.1) is 13.8 Å². The highest BCUT2D eigenvalue weighted by Gasteiger charge is 2.37. The van der Waals surface area contributed by atoms with Crippen molar-refractivity contribution >= 4 is 10.0 Å². The molecular formula is C13H16N4O4S. The molecular weight excluding hydrogens is 308 g/mol. The Morgan fingerprint density at radius 1 is 1.41 bits per heavy atom. The molecule has 0 N–H and O–H groups in total. The van der Waals surface area contributed by atoms with Crippen LogP contribution in [0.4, 0.5) is 0 Å². The Bertz CT molecular complexity index is 740. The van der Waals surface area contributed by atoms with Crippen molar-refractivity contribution in [1.29, 1.82) is 0 Å². The number of aromatic nitrogens is 3. The van der Waals surface area contributed by atoms with E-state index in [0.29, 0.717) is 30.3 Å². The molecule has 0 amide bonds. The number of ether oxygens (including phenoxy) is 1. The van der Waals surface area contributed by atoms with Crippen LogP contribution in [0.15, 0.2) is 27.7 Å². The van der Waals surface area contributed by atoms with Crippen LogP contribution in [0.25, 0.3) is 0 Å². The Balaban J connectivity index is 1.75. The topological polar surface area (TPSA) is 98.4 Å². The quantitative estimate of drug-likeness (QED) is 0.824. The van der Waals surface area contributed by atoms with Crippen molar-refractivity contribution in [3.05, 3.63) is 29.8 Å². The number of aryl methyl sites for hydroxylation is 2. The smallest absolute Gasteiger partial charge is 0.248 e. The highest BCUT2D eigenvalue weighted by atomic mass is 32.2. The Kier molecular flexibility index (Phi) is 3.83. The minimum atomic E-state index is -3.62. The van der Waals surface area contributed by atoms with Gasteiger partial charge in [-0.2, -0.15) is 9.40 Å². The maximum Gasteiger partial charge on any atom is 0.248 e. The van der Waals surface area contributed by atoms with Gasteiger partial charge in [-0.1, -0.05) is 5.16 Å². The van der Waals surface area contributed by atoms with Gasteiger partial charge in [-0.05, 0) is 26.3 Å². The minimum absolute atomic E-state index is 0.146. The van der Waals surface area contributed by atoms with Gasteiger partial charge in [0.2, 0.25) is 15.9 Å². The van der Waals surface area contributed by atoms with Crippen LogP contribution >= 0.6 is 0 Å². The van der Waals surface area contributed by atoms with Crippen LogP contribution in [0.3, 0.4) is 0 Å². The molecule has 3 rings (SSSR count). The minimum Gasteiger partial charge on any atom is -0.472 e. The average molecular weight is 324 g/mol. The van der Waals surface area contributed by atoms with Crippen molar-refractivity contribution in [3.63, 3.8) is 0 Å². The zero-order valence-corrected chi connectivity index (χ0v) is 13.1. The predicted octanol–water partition coefficient (Wildman–Crippen LogP) is 0.923. The van der Waals surface area contributed by atoms with E-state index in [1.807, 2.05) is 0 Å². The fraction of sp³-hybridized carbons (Fsp3) is 0.462. The summed E-state index contributed by atoms with van der Waals surface area (Å²) < 4.78 is 37.4. The third-order valence-corrected chi connectivity index (χ3v) is 5.62. The maximum absolute atomic E-state index is 12.7. The summed E-state index contributed by atoms with van der Waals surface area (Å²) in [5.41, 5.74) is 0.371. The highest BCUT2D eigenvalue weighted by Crippen LogP contribution is 2.27. The van der Waals surface area contributed by atoms with Gasteiger partial charge in [0.1, 0.15) is 16.7 Å². The summed E-state index contributed by atoms with van der Waals surface area (Å²) in [6, 6.07) is 3.41. The van der Waals surface area contributed by atoms with E-state index in [1.165, 1.54) is 4.31 Å². The van der Waals surface area contributed by atoms with Crippen molar-refractivity contribution < 1.29 is 17.7 Å². The summed E-state index contributed by atoms with van der Waals surface area (Å²) in [7, 11) is -3.62. The molecule has 0 spiro atoms. The maximum atomic E-state index is 12.7. The first kappa shape index (κ1) is 14.9. The van der Waals surface area contributed by atoms with E-state index in [9.17, 15) is 8.42 Å². The molecule has 9 heteroatoms. The molecule has 22 heavy (non-hydrogen) atoms. The molecule has 1 atom stereocenters. The van der Waals surface area contributed by atoms with Gasteiger partial charge in [0.15, 0.2) is 5.76 Å². The second-order valence-corrected chi connectivity index (χ2v) is 6.98. The van der Waals surface area contributed by atoms with Crippen molar-refractivity contribution in [1.82, 2.24) is 19.7 Å². The summed E-state index contributed by atoms with van der Waals surface area (Å²) in [4.78, 5) is 0.146. The lowest BCUT2D eigenvalue weighted by Crippen LogP contribution is -2.31. The van der Waals surface area contributed by atoms with E-state index in [0.717, 1.165) is 0 Å². The van der Waals surface area contributed by atoms with E-state index in [1.54, 1.807) is 32.2 Å². The van der Waals surface area contributed by atoms with Crippen LogP contribution in [0.2, 0.25) is 0 Å². The van der Waals surface area contributed by atoms with Crippen molar-refractivity contribution in [2.45, 2.75) is 31.3 Å². The van der Waals surface area contributed by atoms with Crippen LogP contribution in [0.5, 0.6) is 5.88 Å². The monoisotopic (exact) mass is 324 g/mol. The largest absolute Gasteiger partial charge is 0.472 e. The van der Waals surface area contributed by atoms with Crippen molar-refractivity contribution in [2.24, 2.45) is 0 Å². The molecule has 0 aromatic carbocycles. The van der Waals surface area contributed by atoms with Crippen molar-refractivity contribution in [2.75, 3.05) is 13.1 Å². The number of nitrogens with zero attached hydrogens (tertiary/aromatic N) is 4. The van der Waals surface area contributed by atoms with Crippen LogP contribution < -0.4 is 4.74 Å². The Hall–Kier alpha value is -2.00. The van der Waals surface area contributed by atoms with Gasteiger partial charge < -0.3 is 9.26 Å². The Morgan fingerprint density at radius 3 is 2.86 bits per heavy atom. The number of sulfonamides is 1. The average Bonchev–Trinajstić information content (AvgIpc) is 3.08. The third kappa shape index (κ3) is 2.69. The van der Waals surface area contributed by atoms with Gasteiger partial charge in [-0.25, -0.2) is 8.42 Å². The summed E-state index contributed by atoms with van der Waals surface area (Å²) in [5.74, 6) is 0.694. The lowest BCUT2D eigenvalue weighted by atomic mass is 10.3. The number of hydrogen-bond acceptors (Lipinski definition) is 7. The first-order valence-electron chi connectivity index (χ1n) is 6.86. The fourth-order valence-electron chi connectivity index (χ4n) is 2.51. The zero-order chi connectivity index (χ0) is 15.7. The normalized spacial score (nSPS) is 19.5. The molecule has 0 aliphatic carbocycles. The standard InChI is InChI=1S/C13H16N4O4S/c1-9-13(10(2)21-16-9)22(18,19)17-7-5-11(8-17)20-12-4-3-6-14-15-12/h3-4,6,11H,5,7-8H2,1-2H3/t11-/m1/s1. The third-order valence-electron chi connectivity index (χ3n) is 3.51. The summed E-state index contributed by atoms with van der Waals surface area (Å²) >= 11 is 0. The van der Waals surface area contributed by atoms with Crippen LogP contribution in [-0.4, -0.2) is 47.3 Å². The van der Waals surface area contributed by atoms with Crippen molar-refractivity contribution in [3.8, 4) is 5.88 Å². The van der Waals surface area contributed by atoms with E-state index >= 15 is 0 Å². The number of rotatable bonds is 4. The first-order valence-corrected chi connectivity index (χ1v) is 8.30. The molecule has 2 aromatic rings. The van der Waals surface area contributed by atoms with E-state index in [-0.39, 0.29) is 17.5 Å². The van der Waals surface area contributed by atoms with E-state index in [2.05, 4.69) is 15.4 Å². The molecule has 0 unspecified atom stereocenters. The molecule has 8 nitrogen and oxygen atoms in total. The van der Waals surface area contributed by atoms with Gasteiger partial charge in [0.05, 0.1) is 6.54 Å². The molecule has 1 saturated heterocycles. The molecule has 0 bridgehead atoms. The van der Waals surface area contributed by atoms with Gasteiger partial charge in [-0.3, -0.25) is 0 Å². The molecule has 0 radical (unpaired) electrons. The summed E-state index contributed by atoms with van der Waals surface area (Å²) in [6.45, 7) is 3.86. The molecule has 1 aliphatic rings.